The molecule has 2 unspecified atom stereocenters. The smallest absolute Gasteiger partial charge is 0.341 e. The Morgan fingerprint density at radius 3 is 2.88 bits per heavy atom. The first-order chi connectivity index (χ1) is 12.4. The third kappa shape index (κ3) is 2.64. The lowest BCUT2D eigenvalue weighted by molar-refractivity contribution is -0.0698. The SMILES string of the molecule is COCC12CCC(n3cc4cc(C(=O)O)c(OC(C)C)nc4n3)(CO1)C2. The normalized spacial score (nSPS) is 27.5. The van der Waals surface area contributed by atoms with Gasteiger partial charge in [0.25, 0.3) is 0 Å². The maximum atomic E-state index is 11.6. The zero-order valence-electron chi connectivity index (χ0n) is 15.2. The summed E-state index contributed by atoms with van der Waals surface area (Å²) in [5, 5.41) is 14.8. The molecule has 0 aromatic carbocycles. The molecule has 26 heavy (non-hydrogen) atoms. The monoisotopic (exact) mass is 361 g/mol. The van der Waals surface area contributed by atoms with Gasteiger partial charge in [-0.3, -0.25) is 4.68 Å². The van der Waals surface area contributed by atoms with Gasteiger partial charge >= 0.3 is 5.97 Å². The van der Waals surface area contributed by atoms with Crippen LogP contribution < -0.4 is 4.74 Å². The molecule has 2 aromatic heterocycles. The van der Waals surface area contributed by atoms with E-state index in [4.69, 9.17) is 14.2 Å². The second-order valence-corrected chi connectivity index (χ2v) is 7.61. The molecule has 3 heterocycles. The van der Waals surface area contributed by atoms with E-state index < -0.39 is 5.97 Å². The highest BCUT2D eigenvalue weighted by atomic mass is 16.5. The summed E-state index contributed by atoms with van der Waals surface area (Å²) in [6.45, 7) is 4.81. The van der Waals surface area contributed by atoms with Gasteiger partial charge in [-0.15, -0.1) is 0 Å². The van der Waals surface area contributed by atoms with E-state index in [2.05, 4.69) is 10.1 Å². The van der Waals surface area contributed by atoms with E-state index in [-0.39, 0.29) is 28.7 Å². The third-order valence-electron chi connectivity index (χ3n) is 5.28. The van der Waals surface area contributed by atoms with Crippen molar-refractivity contribution < 1.29 is 24.1 Å². The number of ether oxygens (including phenoxy) is 3. The number of rotatable bonds is 6. The lowest BCUT2D eigenvalue weighted by Gasteiger charge is -2.28. The van der Waals surface area contributed by atoms with Gasteiger partial charge < -0.3 is 19.3 Å². The lowest BCUT2D eigenvalue weighted by Crippen LogP contribution is -2.34. The minimum absolute atomic E-state index is 0.0473. The maximum Gasteiger partial charge on any atom is 0.341 e. The van der Waals surface area contributed by atoms with E-state index in [1.54, 1.807) is 13.2 Å². The number of methoxy groups -OCH3 is 1. The largest absolute Gasteiger partial charge is 0.477 e. The lowest BCUT2D eigenvalue weighted by atomic mass is 9.99. The molecule has 2 bridgehead atoms. The summed E-state index contributed by atoms with van der Waals surface area (Å²) in [4.78, 5) is 15.9. The Balaban J connectivity index is 1.74. The van der Waals surface area contributed by atoms with Crippen molar-refractivity contribution in [3.63, 3.8) is 0 Å². The minimum atomic E-state index is -1.06. The summed E-state index contributed by atoms with van der Waals surface area (Å²) >= 11 is 0. The van der Waals surface area contributed by atoms with E-state index in [1.807, 2.05) is 24.7 Å². The minimum Gasteiger partial charge on any atom is -0.477 e. The number of carboxylic acid groups (broad SMARTS) is 1. The zero-order valence-corrected chi connectivity index (χ0v) is 15.2. The molecule has 1 aliphatic heterocycles. The molecule has 8 nitrogen and oxygen atoms in total. The Hall–Kier alpha value is -2.19. The molecular formula is C18H23N3O5. The Morgan fingerprint density at radius 1 is 1.46 bits per heavy atom. The van der Waals surface area contributed by atoms with Crippen LogP contribution in [0.4, 0.5) is 0 Å². The molecular weight excluding hydrogens is 338 g/mol. The molecule has 2 aliphatic rings. The van der Waals surface area contributed by atoms with Crippen molar-refractivity contribution >= 4 is 17.0 Å². The highest BCUT2D eigenvalue weighted by Gasteiger charge is 2.57. The standard InChI is InChI=1S/C18H23N3O5/c1-11(2)26-15-13(16(22)23)6-12-7-21(20-14(12)19-15)17-4-5-18(8-17,10-24-3)25-9-17/h6-7,11H,4-5,8-10H2,1-3H3,(H,22,23). The molecule has 0 spiro atoms. The third-order valence-corrected chi connectivity index (χ3v) is 5.28. The van der Waals surface area contributed by atoms with Gasteiger partial charge in [0.15, 0.2) is 5.65 Å². The van der Waals surface area contributed by atoms with E-state index in [0.717, 1.165) is 19.3 Å². The molecule has 1 aliphatic carbocycles. The van der Waals surface area contributed by atoms with Crippen molar-refractivity contribution in [3.05, 3.63) is 17.8 Å². The number of carbonyl (C=O) groups is 1. The summed E-state index contributed by atoms with van der Waals surface area (Å²) in [6.07, 6.45) is 4.40. The van der Waals surface area contributed by atoms with Crippen LogP contribution in [0.1, 0.15) is 43.5 Å². The van der Waals surface area contributed by atoms with Crippen molar-refractivity contribution in [1.82, 2.24) is 14.8 Å². The summed E-state index contributed by atoms with van der Waals surface area (Å²) < 4.78 is 18.9. The van der Waals surface area contributed by atoms with Crippen LogP contribution in [-0.2, 0) is 15.0 Å². The highest BCUT2D eigenvalue weighted by molar-refractivity contribution is 5.94. The molecule has 1 saturated heterocycles. The van der Waals surface area contributed by atoms with Crippen LogP contribution in [0, 0.1) is 0 Å². The van der Waals surface area contributed by atoms with Gasteiger partial charge in [0, 0.05) is 25.1 Å². The Kier molecular flexibility index (Phi) is 3.92. The van der Waals surface area contributed by atoms with Gasteiger partial charge in [-0.05, 0) is 32.8 Å². The molecule has 2 fully saturated rings. The van der Waals surface area contributed by atoms with Crippen molar-refractivity contribution in [2.45, 2.75) is 50.4 Å². The molecule has 2 aromatic rings. The molecule has 0 radical (unpaired) electrons. The molecule has 1 saturated carbocycles. The fraction of sp³-hybridized carbons (Fsp3) is 0.611. The first-order valence-corrected chi connectivity index (χ1v) is 8.80. The van der Waals surface area contributed by atoms with E-state index in [9.17, 15) is 9.90 Å². The van der Waals surface area contributed by atoms with E-state index in [0.29, 0.717) is 24.2 Å². The maximum absolute atomic E-state index is 11.6. The average Bonchev–Trinajstić information content (AvgIpc) is 3.25. The van der Waals surface area contributed by atoms with Crippen LogP contribution in [0.25, 0.3) is 11.0 Å². The number of aromatic nitrogens is 3. The van der Waals surface area contributed by atoms with Crippen LogP contribution in [0.15, 0.2) is 12.3 Å². The van der Waals surface area contributed by atoms with Crippen LogP contribution in [-0.4, -0.2) is 57.9 Å². The number of hydrogen-bond donors (Lipinski definition) is 1. The fourth-order valence-electron chi connectivity index (χ4n) is 4.11. The fourth-order valence-corrected chi connectivity index (χ4v) is 4.11. The second-order valence-electron chi connectivity index (χ2n) is 7.61. The molecule has 2 atom stereocenters. The first-order valence-electron chi connectivity index (χ1n) is 8.80. The molecule has 140 valence electrons. The van der Waals surface area contributed by atoms with Crippen molar-refractivity contribution in [2.75, 3.05) is 20.3 Å². The van der Waals surface area contributed by atoms with Gasteiger partial charge in [0.1, 0.15) is 5.56 Å². The number of carboxylic acids is 1. The Labute approximate surface area is 151 Å². The van der Waals surface area contributed by atoms with Crippen molar-refractivity contribution in [1.29, 1.82) is 0 Å². The topological polar surface area (TPSA) is 95.7 Å². The number of pyridine rings is 1. The summed E-state index contributed by atoms with van der Waals surface area (Å²) in [7, 11) is 1.69. The van der Waals surface area contributed by atoms with Crippen LogP contribution in [0.3, 0.4) is 0 Å². The summed E-state index contributed by atoms with van der Waals surface area (Å²) in [5.41, 5.74) is 0.0717. The van der Waals surface area contributed by atoms with Gasteiger partial charge in [-0.1, -0.05) is 0 Å². The average molecular weight is 361 g/mol. The van der Waals surface area contributed by atoms with Crippen molar-refractivity contribution in [2.24, 2.45) is 0 Å². The predicted molar refractivity (Wildman–Crippen MR) is 92.6 cm³/mol. The number of nitrogens with zero attached hydrogens (tertiary/aromatic N) is 3. The molecule has 8 heteroatoms. The van der Waals surface area contributed by atoms with Gasteiger partial charge in [-0.2, -0.15) is 10.1 Å². The van der Waals surface area contributed by atoms with Gasteiger partial charge in [0.05, 0.1) is 30.5 Å². The second kappa shape index (κ2) is 5.92. The van der Waals surface area contributed by atoms with E-state index >= 15 is 0 Å². The number of hydrogen-bond acceptors (Lipinski definition) is 6. The Morgan fingerprint density at radius 2 is 2.27 bits per heavy atom. The van der Waals surface area contributed by atoms with Crippen LogP contribution in [0.2, 0.25) is 0 Å². The molecule has 1 N–H and O–H groups in total. The zero-order chi connectivity index (χ0) is 18.5. The predicted octanol–water partition coefficient (Wildman–Crippen LogP) is 2.21. The first kappa shape index (κ1) is 17.2. The van der Waals surface area contributed by atoms with Crippen LogP contribution >= 0.6 is 0 Å². The summed E-state index contributed by atoms with van der Waals surface area (Å²) in [6, 6.07) is 1.58. The molecule has 4 rings (SSSR count). The van der Waals surface area contributed by atoms with Crippen molar-refractivity contribution in [3.8, 4) is 5.88 Å². The molecule has 0 amide bonds. The Bertz CT molecular complexity index is 852. The number of aromatic carboxylic acids is 1. The quantitative estimate of drug-likeness (QED) is 0.843. The van der Waals surface area contributed by atoms with Crippen LogP contribution in [0.5, 0.6) is 5.88 Å². The van der Waals surface area contributed by atoms with Gasteiger partial charge in [0.2, 0.25) is 5.88 Å². The number of fused-ring (bicyclic) bond motifs is 3. The van der Waals surface area contributed by atoms with E-state index in [1.165, 1.54) is 0 Å². The van der Waals surface area contributed by atoms with Gasteiger partial charge in [-0.25, -0.2) is 4.79 Å². The summed E-state index contributed by atoms with van der Waals surface area (Å²) in [5.74, 6) is -0.962. The highest BCUT2D eigenvalue weighted by Crippen LogP contribution is 2.51.